The van der Waals surface area contributed by atoms with E-state index in [1.807, 2.05) is 0 Å². The maximum Gasteiger partial charge on any atom is -0.00718 e. The quantitative estimate of drug-likeness (QED) is 0.389. The van der Waals surface area contributed by atoms with E-state index in [4.69, 9.17) is 12.8 Å². The predicted octanol–water partition coefficient (Wildman–Crippen LogP) is 3.52. The second kappa shape index (κ2) is 6.46. The predicted molar refractivity (Wildman–Crippen MR) is 69.4 cm³/mol. The molecule has 0 aromatic carbocycles. The van der Waals surface area contributed by atoms with E-state index in [2.05, 4.69) is 18.0 Å². The molecule has 1 saturated carbocycles. The Bertz CT molecular complexity index is 246. The summed E-state index contributed by atoms with van der Waals surface area (Å²) < 4.78 is 0. The van der Waals surface area contributed by atoms with E-state index in [0.717, 1.165) is 11.6 Å². The highest BCUT2D eigenvalue weighted by Crippen LogP contribution is 2.49. The normalized spacial score (nSPS) is 28.8. The first-order chi connectivity index (χ1) is 6.79. The lowest BCUT2D eigenvalue weighted by Gasteiger charge is -2.22. The molecule has 4 atom stereocenters. The highest BCUT2D eigenvalue weighted by molar-refractivity contribution is 7.62. The fourth-order valence-electron chi connectivity index (χ4n) is 2.29. The van der Waals surface area contributed by atoms with Crippen LogP contribution in [0.3, 0.4) is 0 Å². The summed E-state index contributed by atoms with van der Waals surface area (Å²) >= 11 is 0. The third-order valence-electron chi connectivity index (χ3n) is 3.06. The van der Waals surface area contributed by atoms with E-state index in [-0.39, 0.29) is 7.92 Å². The summed E-state index contributed by atoms with van der Waals surface area (Å²) in [6.45, 7) is 2.25. The van der Waals surface area contributed by atoms with Gasteiger partial charge in [-0.1, -0.05) is 17.7 Å². The molecule has 1 aliphatic carbocycles. The smallest absolute Gasteiger partial charge is 0.00718 e. The molecule has 0 bridgehead atoms. The minimum atomic E-state index is -0.160. The van der Waals surface area contributed by atoms with Crippen LogP contribution >= 0.6 is 16.5 Å². The molecule has 0 spiro atoms. The van der Waals surface area contributed by atoms with Crippen LogP contribution in [0.25, 0.3) is 0 Å². The summed E-state index contributed by atoms with van der Waals surface area (Å²) in [5.74, 6) is 0.878. The van der Waals surface area contributed by atoms with Gasteiger partial charge in [0.1, 0.15) is 0 Å². The van der Waals surface area contributed by atoms with Gasteiger partial charge in [-0.3, -0.25) is 0 Å². The van der Waals surface area contributed by atoms with Crippen molar-refractivity contribution in [3.63, 3.8) is 0 Å². The zero-order chi connectivity index (χ0) is 10.4. The third-order valence-corrected chi connectivity index (χ3v) is 5.89. The first-order valence-corrected chi connectivity index (χ1v) is 8.23. The van der Waals surface area contributed by atoms with Gasteiger partial charge in [-0.05, 0) is 60.2 Å². The average Bonchev–Trinajstić information content (AvgIpc) is 2.65. The van der Waals surface area contributed by atoms with E-state index in [1.54, 1.807) is 0 Å². The summed E-state index contributed by atoms with van der Waals surface area (Å²) in [5.41, 5.74) is 6.53. The van der Waals surface area contributed by atoms with Crippen molar-refractivity contribution in [2.45, 2.75) is 31.3 Å². The van der Waals surface area contributed by atoms with Crippen LogP contribution in [0.2, 0.25) is 0 Å². The lowest BCUT2D eigenvalue weighted by Crippen LogP contribution is -2.12. The zero-order valence-corrected chi connectivity index (χ0v) is 10.7. The molecular weight excluding hydrogens is 206 g/mol. The largest absolute Gasteiger partial charge is 0.116 e. The zero-order valence-electron chi connectivity index (χ0n) is 8.79. The van der Waals surface area contributed by atoms with Gasteiger partial charge in [0.25, 0.3) is 0 Å². The van der Waals surface area contributed by atoms with Crippen LogP contribution in [0.15, 0.2) is 0 Å². The Balaban J connectivity index is 2.37. The van der Waals surface area contributed by atoms with E-state index >= 15 is 0 Å². The SMILES string of the molecule is C#CPCCC1CCCC1P(C)C#C. The van der Waals surface area contributed by atoms with Crippen LogP contribution in [-0.4, -0.2) is 18.5 Å². The average molecular weight is 224 g/mol. The molecule has 0 saturated heterocycles. The molecule has 1 rings (SSSR count). The fraction of sp³-hybridized carbons (Fsp3) is 0.667. The van der Waals surface area contributed by atoms with Gasteiger partial charge in [0, 0.05) is 0 Å². The van der Waals surface area contributed by atoms with E-state index in [9.17, 15) is 0 Å². The number of terminal acetylenes is 2. The fourth-order valence-corrected chi connectivity index (χ4v) is 4.64. The minimum Gasteiger partial charge on any atom is -0.116 e. The van der Waals surface area contributed by atoms with Crippen molar-refractivity contribution in [1.29, 1.82) is 0 Å². The summed E-state index contributed by atoms with van der Waals surface area (Å²) in [4.78, 5) is 0. The van der Waals surface area contributed by atoms with Crippen LogP contribution in [0.1, 0.15) is 25.7 Å². The van der Waals surface area contributed by atoms with Gasteiger partial charge >= 0.3 is 0 Å². The Labute approximate surface area is 91.2 Å². The highest BCUT2D eigenvalue weighted by atomic mass is 31.1. The molecule has 0 radical (unpaired) electrons. The molecule has 1 fully saturated rings. The Morgan fingerprint density at radius 2 is 2.21 bits per heavy atom. The first kappa shape index (κ1) is 12.1. The van der Waals surface area contributed by atoms with Gasteiger partial charge in [0.2, 0.25) is 0 Å². The van der Waals surface area contributed by atoms with Crippen LogP contribution in [0, 0.1) is 30.1 Å². The topological polar surface area (TPSA) is 0 Å². The molecule has 4 unspecified atom stereocenters. The van der Waals surface area contributed by atoms with Gasteiger partial charge in [-0.15, -0.1) is 12.8 Å². The molecule has 2 heteroatoms. The van der Waals surface area contributed by atoms with Gasteiger partial charge in [-0.25, -0.2) is 0 Å². The molecule has 0 N–H and O–H groups in total. The molecule has 0 nitrogen and oxygen atoms in total. The summed E-state index contributed by atoms with van der Waals surface area (Å²) in [6.07, 6.45) is 17.4. The Morgan fingerprint density at radius 3 is 2.86 bits per heavy atom. The van der Waals surface area contributed by atoms with Crippen molar-refractivity contribution < 1.29 is 0 Å². The summed E-state index contributed by atoms with van der Waals surface area (Å²) in [7, 11) is 0.548. The van der Waals surface area contributed by atoms with Gasteiger partial charge < -0.3 is 0 Å². The van der Waals surface area contributed by atoms with Crippen LogP contribution < -0.4 is 0 Å². The van der Waals surface area contributed by atoms with Crippen molar-refractivity contribution in [2.24, 2.45) is 5.92 Å². The summed E-state index contributed by atoms with van der Waals surface area (Å²) in [5, 5.41) is 0. The molecule has 0 aliphatic heterocycles. The third kappa shape index (κ3) is 3.28. The standard InChI is InChI=1S/C12H18P2/c1-4-13-10-9-11-7-6-8-12(11)14(3)5-2/h1-2,11-13H,6-10H2,3H3. The van der Waals surface area contributed by atoms with E-state index < -0.39 is 0 Å². The van der Waals surface area contributed by atoms with Crippen molar-refractivity contribution in [2.75, 3.05) is 12.8 Å². The van der Waals surface area contributed by atoms with Crippen LogP contribution in [0.4, 0.5) is 0 Å². The molecular formula is C12H18P2. The van der Waals surface area contributed by atoms with Gasteiger partial charge in [0.15, 0.2) is 0 Å². The molecule has 0 aromatic rings. The molecule has 1 aliphatic rings. The van der Waals surface area contributed by atoms with Crippen molar-refractivity contribution in [3.8, 4) is 24.2 Å². The Morgan fingerprint density at radius 1 is 1.43 bits per heavy atom. The monoisotopic (exact) mass is 224 g/mol. The minimum absolute atomic E-state index is 0.160. The number of hydrogen-bond donors (Lipinski definition) is 0. The molecule has 0 amide bonds. The second-order valence-electron chi connectivity index (χ2n) is 3.86. The van der Waals surface area contributed by atoms with Crippen LogP contribution in [0.5, 0.6) is 0 Å². The molecule has 14 heavy (non-hydrogen) atoms. The second-order valence-corrected chi connectivity index (χ2v) is 7.14. The maximum atomic E-state index is 5.52. The van der Waals surface area contributed by atoms with E-state index in [0.29, 0.717) is 8.58 Å². The molecule has 0 heterocycles. The van der Waals surface area contributed by atoms with Gasteiger partial charge in [-0.2, -0.15) is 0 Å². The van der Waals surface area contributed by atoms with Crippen molar-refractivity contribution >= 4 is 16.5 Å². The Kier molecular flexibility index (Phi) is 5.56. The van der Waals surface area contributed by atoms with Crippen molar-refractivity contribution in [1.82, 2.24) is 0 Å². The molecule has 0 aromatic heterocycles. The Hall–Kier alpha value is -0.0200. The van der Waals surface area contributed by atoms with E-state index in [1.165, 1.54) is 31.8 Å². The number of hydrogen-bond acceptors (Lipinski definition) is 0. The maximum absolute atomic E-state index is 5.52. The van der Waals surface area contributed by atoms with Crippen molar-refractivity contribution in [3.05, 3.63) is 0 Å². The highest BCUT2D eigenvalue weighted by Gasteiger charge is 2.29. The number of rotatable bonds is 4. The first-order valence-electron chi connectivity index (χ1n) is 5.17. The van der Waals surface area contributed by atoms with Gasteiger partial charge in [0.05, 0.1) is 0 Å². The lowest BCUT2D eigenvalue weighted by molar-refractivity contribution is 0.542. The molecule has 76 valence electrons. The lowest BCUT2D eigenvalue weighted by atomic mass is 10.1. The summed E-state index contributed by atoms with van der Waals surface area (Å²) in [6, 6.07) is 0. The van der Waals surface area contributed by atoms with Crippen LogP contribution in [-0.2, 0) is 0 Å².